The number of hydrogen-bond acceptors (Lipinski definition) is 7. The third-order valence-electron chi connectivity index (χ3n) is 6.24. The molecule has 8 nitrogen and oxygen atoms in total. The van der Waals surface area contributed by atoms with E-state index in [9.17, 15) is 19.5 Å². The second-order valence-corrected chi connectivity index (χ2v) is 10.9. The van der Waals surface area contributed by atoms with E-state index in [1.54, 1.807) is 40.2 Å². The van der Waals surface area contributed by atoms with Gasteiger partial charge in [0.25, 0.3) is 5.91 Å². The van der Waals surface area contributed by atoms with Crippen molar-refractivity contribution in [2.24, 2.45) is 11.8 Å². The summed E-state index contributed by atoms with van der Waals surface area (Å²) in [6.45, 7) is 6.03. The quantitative estimate of drug-likeness (QED) is 0.415. The van der Waals surface area contributed by atoms with Crippen LogP contribution < -0.4 is 10.2 Å². The molecule has 1 aliphatic rings. The van der Waals surface area contributed by atoms with Crippen molar-refractivity contribution in [1.82, 2.24) is 9.97 Å². The molecule has 4 rings (SSSR count). The first kappa shape index (κ1) is 25.0. The highest BCUT2D eigenvalue weighted by atomic mass is 32.1. The van der Waals surface area contributed by atoms with Crippen LogP contribution in [-0.2, 0) is 4.79 Å². The van der Waals surface area contributed by atoms with Gasteiger partial charge in [-0.05, 0) is 63.6 Å². The maximum Gasteiger partial charge on any atom is 0.348 e. The largest absolute Gasteiger partial charge is 0.477 e. The Morgan fingerprint density at radius 3 is 2.46 bits per heavy atom. The van der Waals surface area contributed by atoms with Crippen LogP contribution in [0.25, 0.3) is 10.4 Å². The maximum atomic E-state index is 13.5. The fourth-order valence-electron chi connectivity index (χ4n) is 4.33. The molecule has 0 aliphatic heterocycles. The van der Waals surface area contributed by atoms with Gasteiger partial charge >= 0.3 is 5.97 Å². The van der Waals surface area contributed by atoms with Crippen LogP contribution in [0, 0.1) is 11.8 Å². The van der Waals surface area contributed by atoms with Gasteiger partial charge in [0.2, 0.25) is 5.91 Å². The lowest BCUT2D eigenvalue weighted by atomic mass is 9.82. The van der Waals surface area contributed by atoms with E-state index in [1.165, 1.54) is 11.3 Å². The number of aromatic nitrogens is 2. The van der Waals surface area contributed by atoms with Crippen molar-refractivity contribution in [3.8, 4) is 10.4 Å². The molecule has 3 aromatic heterocycles. The summed E-state index contributed by atoms with van der Waals surface area (Å²) in [5, 5.41) is 14.3. The van der Waals surface area contributed by atoms with E-state index >= 15 is 0 Å². The molecule has 0 atom stereocenters. The Morgan fingerprint density at radius 1 is 1.14 bits per heavy atom. The van der Waals surface area contributed by atoms with Crippen LogP contribution in [0.15, 0.2) is 35.3 Å². The molecule has 3 aromatic rings. The minimum absolute atomic E-state index is 0.00280. The summed E-state index contributed by atoms with van der Waals surface area (Å²) >= 11 is 2.45. The number of nitrogens with zero attached hydrogens (tertiary/aromatic N) is 3. The number of rotatable bonds is 7. The number of nitrogens with one attached hydrogen (secondary N) is 1. The number of thiazole rings is 1. The van der Waals surface area contributed by atoms with Gasteiger partial charge in [0.15, 0.2) is 0 Å². The summed E-state index contributed by atoms with van der Waals surface area (Å²) in [5.41, 5.74) is 3.04. The molecule has 0 bridgehead atoms. The fraction of sp³-hybridized carbons (Fsp3) is 0.400. The van der Waals surface area contributed by atoms with Crippen LogP contribution in [0.3, 0.4) is 0 Å². The number of carbonyl (C=O) groups is 3. The normalized spacial score (nSPS) is 17.8. The maximum absolute atomic E-state index is 13.5. The van der Waals surface area contributed by atoms with Crippen molar-refractivity contribution >= 4 is 52.0 Å². The van der Waals surface area contributed by atoms with Gasteiger partial charge in [-0.1, -0.05) is 6.92 Å². The van der Waals surface area contributed by atoms with E-state index in [-0.39, 0.29) is 28.7 Å². The molecule has 10 heteroatoms. The molecule has 3 heterocycles. The topological polar surface area (TPSA) is 112 Å². The van der Waals surface area contributed by atoms with E-state index < -0.39 is 5.97 Å². The predicted molar refractivity (Wildman–Crippen MR) is 138 cm³/mol. The monoisotopic (exact) mass is 512 g/mol. The number of hydrogen-bond donors (Lipinski definition) is 2. The third kappa shape index (κ3) is 5.59. The minimum atomic E-state index is -1.06. The zero-order chi connectivity index (χ0) is 25.1. The summed E-state index contributed by atoms with van der Waals surface area (Å²) in [5.74, 6) is -0.505. The first-order chi connectivity index (χ1) is 16.7. The molecule has 1 fully saturated rings. The molecule has 184 valence electrons. The van der Waals surface area contributed by atoms with Crippen molar-refractivity contribution in [2.45, 2.75) is 52.5 Å². The Morgan fingerprint density at radius 2 is 1.89 bits per heavy atom. The second kappa shape index (κ2) is 10.7. The lowest BCUT2D eigenvalue weighted by Crippen LogP contribution is -2.42. The van der Waals surface area contributed by atoms with Gasteiger partial charge in [-0.3, -0.25) is 9.59 Å². The number of carboxylic acids is 1. The molecule has 0 radical (unpaired) electrons. The summed E-state index contributed by atoms with van der Waals surface area (Å²) in [6.07, 6.45) is 5.28. The Balaban J connectivity index is 1.59. The van der Waals surface area contributed by atoms with Crippen LogP contribution in [0.2, 0.25) is 0 Å². The SMILES string of the molecule is CC1CCC(C(=O)N(c2cc(-c3ccc(NC(=O)c4cscn4)nc3)sc2C(=O)O)C(C)C)CC1. The Bertz CT molecular complexity index is 1200. The van der Waals surface area contributed by atoms with Gasteiger partial charge < -0.3 is 15.3 Å². The summed E-state index contributed by atoms with van der Waals surface area (Å²) in [7, 11) is 0. The average Bonchev–Trinajstić information content (AvgIpc) is 3.51. The smallest absolute Gasteiger partial charge is 0.348 e. The van der Waals surface area contributed by atoms with Gasteiger partial charge in [0.1, 0.15) is 16.4 Å². The number of anilines is 2. The standard InChI is InChI=1S/C25H28N4O4S2/c1-14(2)29(24(31)16-6-4-15(3)5-7-16)19-10-20(35-22(19)25(32)33)17-8-9-21(26-11-17)28-23(30)18-12-34-13-27-18/h8-16H,4-7H2,1-3H3,(H,32,33)(H,26,28,30). The third-order valence-corrected chi connectivity index (χ3v) is 7.99. The summed E-state index contributed by atoms with van der Waals surface area (Å²) in [6, 6.07) is 5.02. The van der Waals surface area contributed by atoms with Gasteiger partial charge in [0, 0.05) is 34.0 Å². The molecular formula is C25H28N4O4S2. The van der Waals surface area contributed by atoms with E-state index in [0.717, 1.165) is 37.0 Å². The molecule has 2 amide bonds. The highest BCUT2D eigenvalue weighted by Crippen LogP contribution is 2.39. The van der Waals surface area contributed by atoms with Crippen LogP contribution in [-0.4, -0.2) is 38.9 Å². The van der Waals surface area contributed by atoms with Crippen molar-refractivity contribution in [1.29, 1.82) is 0 Å². The van der Waals surface area contributed by atoms with E-state index in [1.807, 2.05) is 13.8 Å². The lowest BCUT2D eigenvalue weighted by Gasteiger charge is -2.33. The second-order valence-electron chi connectivity index (χ2n) is 9.15. The average molecular weight is 513 g/mol. The number of thiophene rings is 1. The number of aromatic carboxylic acids is 1. The lowest BCUT2D eigenvalue weighted by molar-refractivity contribution is -0.123. The first-order valence-corrected chi connectivity index (χ1v) is 13.4. The predicted octanol–water partition coefficient (Wildman–Crippen LogP) is 5.78. The molecule has 0 spiro atoms. The molecular weight excluding hydrogens is 484 g/mol. The van der Waals surface area contributed by atoms with E-state index in [2.05, 4.69) is 22.2 Å². The summed E-state index contributed by atoms with van der Waals surface area (Å²) in [4.78, 5) is 48.6. The number of amides is 2. The Labute approximate surface area is 212 Å². The zero-order valence-electron chi connectivity index (χ0n) is 19.9. The molecule has 0 unspecified atom stereocenters. The van der Waals surface area contributed by atoms with Gasteiger partial charge in [-0.25, -0.2) is 14.8 Å². The molecule has 0 saturated heterocycles. The first-order valence-electron chi connectivity index (χ1n) is 11.6. The van der Waals surface area contributed by atoms with Crippen LogP contribution >= 0.6 is 22.7 Å². The Kier molecular flexibility index (Phi) is 7.61. The summed E-state index contributed by atoms with van der Waals surface area (Å²) < 4.78 is 0. The Hall–Kier alpha value is -3.11. The fourth-order valence-corrected chi connectivity index (χ4v) is 5.84. The zero-order valence-corrected chi connectivity index (χ0v) is 21.5. The number of carbonyl (C=O) groups excluding carboxylic acids is 2. The van der Waals surface area contributed by atoms with Gasteiger partial charge in [0.05, 0.1) is 11.2 Å². The van der Waals surface area contributed by atoms with Crippen LogP contribution in [0.1, 0.15) is 66.6 Å². The van der Waals surface area contributed by atoms with Gasteiger partial charge in [-0.15, -0.1) is 22.7 Å². The number of pyridine rings is 1. The van der Waals surface area contributed by atoms with Crippen molar-refractivity contribution in [3.05, 3.63) is 45.9 Å². The van der Waals surface area contributed by atoms with Crippen molar-refractivity contribution in [3.63, 3.8) is 0 Å². The van der Waals surface area contributed by atoms with E-state index in [4.69, 9.17) is 0 Å². The van der Waals surface area contributed by atoms with Crippen LogP contribution in [0.5, 0.6) is 0 Å². The van der Waals surface area contributed by atoms with Gasteiger partial charge in [-0.2, -0.15) is 0 Å². The molecule has 2 N–H and O–H groups in total. The van der Waals surface area contributed by atoms with E-state index in [0.29, 0.717) is 33.6 Å². The minimum Gasteiger partial charge on any atom is -0.477 e. The molecule has 1 aliphatic carbocycles. The highest BCUT2D eigenvalue weighted by Gasteiger charge is 2.33. The molecule has 1 saturated carbocycles. The molecule has 0 aromatic carbocycles. The molecule has 35 heavy (non-hydrogen) atoms. The number of carboxylic acid groups (broad SMARTS) is 1. The van der Waals surface area contributed by atoms with Crippen LogP contribution in [0.4, 0.5) is 11.5 Å². The van der Waals surface area contributed by atoms with Crippen molar-refractivity contribution in [2.75, 3.05) is 10.2 Å². The highest BCUT2D eigenvalue weighted by molar-refractivity contribution is 7.18. The van der Waals surface area contributed by atoms with Crippen molar-refractivity contribution < 1.29 is 19.5 Å².